The highest BCUT2D eigenvalue weighted by molar-refractivity contribution is 7.89. The molecule has 0 heterocycles. The predicted molar refractivity (Wildman–Crippen MR) is 90.1 cm³/mol. The molecule has 23 heavy (non-hydrogen) atoms. The Morgan fingerprint density at radius 1 is 1.39 bits per heavy atom. The molecule has 0 saturated heterocycles. The molecule has 0 aromatic heterocycles. The number of alkyl carbamates (subject to hydrolysis) is 1. The van der Waals surface area contributed by atoms with E-state index in [1.807, 2.05) is 0 Å². The van der Waals surface area contributed by atoms with E-state index in [4.69, 9.17) is 16.3 Å². The second kappa shape index (κ2) is 7.51. The van der Waals surface area contributed by atoms with Crippen molar-refractivity contribution < 1.29 is 17.9 Å². The Balaban J connectivity index is 2.71. The van der Waals surface area contributed by atoms with Crippen LogP contribution in [0.15, 0.2) is 29.2 Å². The Morgan fingerprint density at radius 2 is 2.00 bits per heavy atom. The fourth-order valence-corrected chi connectivity index (χ4v) is 3.41. The number of hydrogen-bond donors (Lipinski definition) is 1. The molecular weight excluding hydrogens is 340 g/mol. The first-order chi connectivity index (χ1) is 10.4. The van der Waals surface area contributed by atoms with Crippen LogP contribution in [-0.2, 0) is 14.8 Å². The summed E-state index contributed by atoms with van der Waals surface area (Å²) in [5, 5.41) is 2.96. The summed E-state index contributed by atoms with van der Waals surface area (Å²) in [4.78, 5) is 11.8. The van der Waals surface area contributed by atoms with Gasteiger partial charge in [-0.2, -0.15) is 4.31 Å². The number of nitrogens with zero attached hydrogens (tertiary/aromatic N) is 1. The molecule has 0 aliphatic rings. The smallest absolute Gasteiger partial charge is 0.407 e. The van der Waals surface area contributed by atoms with Gasteiger partial charge in [0.15, 0.2) is 0 Å². The lowest BCUT2D eigenvalue weighted by molar-refractivity contribution is 0.0504. The zero-order chi connectivity index (χ0) is 17.8. The maximum absolute atomic E-state index is 12.5. The molecule has 1 aromatic rings. The molecule has 0 fully saturated rings. The van der Waals surface area contributed by atoms with Crippen molar-refractivity contribution in [2.75, 3.05) is 13.6 Å². The molecule has 0 saturated carbocycles. The highest BCUT2D eigenvalue weighted by Crippen LogP contribution is 2.18. The lowest BCUT2D eigenvalue weighted by Gasteiger charge is -2.24. The number of halogens is 1. The van der Waals surface area contributed by atoms with Gasteiger partial charge >= 0.3 is 6.09 Å². The fourth-order valence-electron chi connectivity index (χ4n) is 1.85. The Bertz CT molecular complexity index is 656. The van der Waals surface area contributed by atoms with Crippen molar-refractivity contribution in [3.05, 3.63) is 29.3 Å². The number of amides is 1. The highest BCUT2D eigenvalue weighted by Gasteiger charge is 2.24. The van der Waals surface area contributed by atoms with Gasteiger partial charge in [-0.05, 0) is 45.9 Å². The molecule has 0 unspecified atom stereocenters. The van der Waals surface area contributed by atoms with E-state index >= 15 is 0 Å². The number of benzene rings is 1. The van der Waals surface area contributed by atoms with E-state index in [-0.39, 0.29) is 11.4 Å². The molecule has 0 bridgehead atoms. The molecule has 1 N–H and O–H groups in total. The van der Waals surface area contributed by atoms with Crippen molar-refractivity contribution in [2.45, 2.75) is 44.2 Å². The fraction of sp³-hybridized carbons (Fsp3) is 0.533. The third kappa shape index (κ3) is 6.37. The van der Waals surface area contributed by atoms with Crippen molar-refractivity contribution in [3.63, 3.8) is 0 Å². The highest BCUT2D eigenvalue weighted by atomic mass is 35.5. The monoisotopic (exact) mass is 362 g/mol. The number of carbonyl (C=O) groups is 1. The minimum atomic E-state index is -3.67. The van der Waals surface area contributed by atoms with Gasteiger partial charge in [0.25, 0.3) is 0 Å². The van der Waals surface area contributed by atoms with Gasteiger partial charge in [-0.25, -0.2) is 13.2 Å². The Kier molecular flexibility index (Phi) is 6.44. The number of rotatable bonds is 5. The second-order valence-corrected chi connectivity index (χ2v) is 8.77. The maximum atomic E-state index is 12.5. The van der Waals surface area contributed by atoms with Crippen LogP contribution in [0.2, 0.25) is 5.02 Å². The molecule has 8 heteroatoms. The molecule has 1 aromatic carbocycles. The second-order valence-electron chi connectivity index (χ2n) is 6.29. The quantitative estimate of drug-likeness (QED) is 0.873. The first kappa shape index (κ1) is 19.7. The summed E-state index contributed by atoms with van der Waals surface area (Å²) in [7, 11) is -2.22. The minimum absolute atomic E-state index is 0.105. The van der Waals surface area contributed by atoms with Gasteiger partial charge in [0, 0.05) is 24.7 Å². The Labute approximate surface area is 142 Å². The molecular formula is C15H23ClN2O4S. The van der Waals surface area contributed by atoms with E-state index in [2.05, 4.69) is 5.32 Å². The summed E-state index contributed by atoms with van der Waals surface area (Å²) in [6.45, 7) is 7.08. The van der Waals surface area contributed by atoms with Crippen LogP contribution in [0.5, 0.6) is 0 Å². The van der Waals surface area contributed by atoms with Crippen molar-refractivity contribution in [2.24, 2.45) is 0 Å². The van der Waals surface area contributed by atoms with E-state index in [1.54, 1.807) is 39.8 Å². The number of likely N-dealkylation sites (N-methyl/N-ethyl adjacent to an activating group) is 1. The molecule has 0 aliphatic carbocycles. The van der Waals surface area contributed by atoms with Crippen LogP contribution >= 0.6 is 11.6 Å². The average molecular weight is 363 g/mol. The summed E-state index contributed by atoms with van der Waals surface area (Å²) in [6.07, 6.45) is -0.585. The largest absolute Gasteiger partial charge is 0.444 e. The molecule has 0 radical (unpaired) electrons. The van der Waals surface area contributed by atoms with Gasteiger partial charge in [-0.15, -0.1) is 0 Å². The summed E-state index contributed by atoms with van der Waals surface area (Å²) >= 11 is 5.84. The molecule has 0 spiro atoms. The standard InChI is InChI=1S/C15H23ClN2O4S/c1-11(17-14(19)22-15(2,3)4)10-18(5)23(20,21)13-8-6-7-12(16)9-13/h6-9,11H,10H2,1-5H3,(H,17,19)/t11-/m0/s1. The average Bonchev–Trinajstić information content (AvgIpc) is 2.35. The number of sulfonamides is 1. The van der Waals surface area contributed by atoms with Crippen LogP contribution in [0.3, 0.4) is 0 Å². The summed E-state index contributed by atoms with van der Waals surface area (Å²) in [5.41, 5.74) is -0.609. The third-order valence-electron chi connectivity index (χ3n) is 2.80. The molecule has 1 amide bonds. The summed E-state index contributed by atoms with van der Waals surface area (Å²) in [5.74, 6) is 0. The van der Waals surface area contributed by atoms with E-state index < -0.39 is 27.8 Å². The van der Waals surface area contributed by atoms with Crippen molar-refractivity contribution in [3.8, 4) is 0 Å². The van der Waals surface area contributed by atoms with Crippen molar-refractivity contribution in [1.82, 2.24) is 9.62 Å². The SMILES string of the molecule is C[C@@H](CN(C)S(=O)(=O)c1cccc(Cl)c1)NC(=O)OC(C)(C)C. The van der Waals surface area contributed by atoms with Crippen molar-refractivity contribution >= 4 is 27.7 Å². The van der Waals surface area contributed by atoms with Crippen LogP contribution in [-0.4, -0.2) is 44.1 Å². The maximum Gasteiger partial charge on any atom is 0.407 e. The van der Waals surface area contributed by atoms with Crippen LogP contribution in [0, 0.1) is 0 Å². The number of ether oxygens (including phenoxy) is 1. The molecule has 6 nitrogen and oxygen atoms in total. The first-order valence-corrected chi connectivity index (χ1v) is 8.95. The number of nitrogens with one attached hydrogen (secondary N) is 1. The van der Waals surface area contributed by atoms with Crippen LogP contribution < -0.4 is 5.32 Å². The van der Waals surface area contributed by atoms with Gasteiger partial charge < -0.3 is 10.1 Å². The normalized spacial score (nSPS) is 13.7. The molecule has 0 aliphatic heterocycles. The van der Waals surface area contributed by atoms with Crippen LogP contribution in [0.1, 0.15) is 27.7 Å². The molecule has 130 valence electrons. The topological polar surface area (TPSA) is 75.7 Å². The predicted octanol–water partition coefficient (Wildman–Crippen LogP) is 2.87. The van der Waals surface area contributed by atoms with E-state index in [1.165, 1.54) is 23.5 Å². The lowest BCUT2D eigenvalue weighted by atomic mass is 10.2. The minimum Gasteiger partial charge on any atom is -0.444 e. The number of hydrogen-bond acceptors (Lipinski definition) is 4. The van der Waals surface area contributed by atoms with E-state index in [9.17, 15) is 13.2 Å². The van der Waals surface area contributed by atoms with Gasteiger partial charge in [0.1, 0.15) is 5.60 Å². The van der Waals surface area contributed by atoms with Gasteiger partial charge in [0.05, 0.1) is 4.90 Å². The van der Waals surface area contributed by atoms with Gasteiger partial charge in [-0.1, -0.05) is 17.7 Å². The third-order valence-corrected chi connectivity index (χ3v) is 4.85. The van der Waals surface area contributed by atoms with E-state index in [0.717, 1.165) is 0 Å². The van der Waals surface area contributed by atoms with Gasteiger partial charge in [0.2, 0.25) is 10.0 Å². The number of carbonyl (C=O) groups excluding carboxylic acids is 1. The van der Waals surface area contributed by atoms with Crippen LogP contribution in [0.4, 0.5) is 4.79 Å². The Hall–Kier alpha value is -1.31. The zero-order valence-electron chi connectivity index (χ0n) is 14.0. The molecule has 1 rings (SSSR count). The lowest BCUT2D eigenvalue weighted by Crippen LogP contribution is -2.44. The van der Waals surface area contributed by atoms with Gasteiger partial charge in [-0.3, -0.25) is 0 Å². The molecule has 1 atom stereocenters. The van der Waals surface area contributed by atoms with E-state index in [0.29, 0.717) is 5.02 Å². The zero-order valence-corrected chi connectivity index (χ0v) is 15.5. The van der Waals surface area contributed by atoms with Crippen molar-refractivity contribution in [1.29, 1.82) is 0 Å². The summed E-state index contributed by atoms with van der Waals surface area (Å²) in [6, 6.07) is 5.63. The Morgan fingerprint density at radius 3 is 2.52 bits per heavy atom. The summed E-state index contributed by atoms with van der Waals surface area (Å²) < 4.78 is 31.2. The first-order valence-electron chi connectivity index (χ1n) is 7.13. The van der Waals surface area contributed by atoms with Crippen LogP contribution in [0.25, 0.3) is 0 Å².